The van der Waals surface area contributed by atoms with E-state index in [0.717, 1.165) is 6.26 Å². The summed E-state index contributed by atoms with van der Waals surface area (Å²) in [5.74, 6) is -1.26. The molecular formula is C23H25NO10S. The van der Waals surface area contributed by atoms with Crippen LogP contribution in [0.15, 0.2) is 59.5 Å². The number of benzene rings is 2. The van der Waals surface area contributed by atoms with Crippen molar-refractivity contribution in [2.45, 2.75) is 24.2 Å². The van der Waals surface area contributed by atoms with E-state index in [-0.39, 0.29) is 29.3 Å². The molecule has 2 aromatic carbocycles. The van der Waals surface area contributed by atoms with Gasteiger partial charge in [-0.25, -0.2) is 18.0 Å². The van der Waals surface area contributed by atoms with Crippen LogP contribution in [0, 0.1) is 10.1 Å². The zero-order chi connectivity index (χ0) is 25.8. The van der Waals surface area contributed by atoms with Gasteiger partial charge in [-0.3, -0.25) is 0 Å². The smallest absolute Gasteiger partial charge is 0.478 e. The summed E-state index contributed by atoms with van der Waals surface area (Å²) in [5, 5.41) is 19.1. The number of hydrogen-bond acceptors (Lipinski definition) is 9. The van der Waals surface area contributed by atoms with Gasteiger partial charge in [0.25, 0.3) is 5.09 Å². The molecule has 11 nitrogen and oxygen atoms in total. The largest absolute Gasteiger partial charge is 0.508 e. The Balaban J connectivity index is 2.16. The summed E-state index contributed by atoms with van der Waals surface area (Å²) < 4.78 is 33.7. The SMILES string of the molecule is CS(=O)(=O)c1ccc(C(COC(=O)OCCCCCO[N+](=O)[O-])=C(C(=O)O)c2ccccc2)cc1. The molecule has 0 unspecified atom stereocenters. The lowest BCUT2D eigenvalue weighted by atomic mass is 9.95. The van der Waals surface area contributed by atoms with E-state index in [1.165, 1.54) is 24.3 Å². The van der Waals surface area contributed by atoms with E-state index in [4.69, 9.17) is 9.47 Å². The predicted molar refractivity (Wildman–Crippen MR) is 125 cm³/mol. The first-order valence-electron chi connectivity index (χ1n) is 10.5. The topological polar surface area (TPSA) is 159 Å². The number of unbranched alkanes of at least 4 members (excludes halogenated alkanes) is 2. The Kier molecular flexibility index (Phi) is 10.2. The molecule has 0 aliphatic rings. The van der Waals surface area contributed by atoms with Crippen LogP contribution < -0.4 is 0 Å². The average Bonchev–Trinajstić information content (AvgIpc) is 2.80. The average molecular weight is 508 g/mol. The van der Waals surface area contributed by atoms with Gasteiger partial charge in [-0.05, 0) is 42.5 Å². The number of nitrogens with zero attached hydrogens (tertiary/aromatic N) is 1. The van der Waals surface area contributed by atoms with Crippen molar-refractivity contribution in [1.82, 2.24) is 0 Å². The van der Waals surface area contributed by atoms with Crippen LogP contribution in [0.3, 0.4) is 0 Å². The fourth-order valence-corrected chi connectivity index (χ4v) is 3.71. The highest BCUT2D eigenvalue weighted by Crippen LogP contribution is 2.28. The Labute approximate surface area is 202 Å². The van der Waals surface area contributed by atoms with Gasteiger partial charge < -0.3 is 19.4 Å². The third-order valence-corrected chi connectivity index (χ3v) is 5.88. The second-order valence-corrected chi connectivity index (χ2v) is 9.34. The normalized spacial score (nSPS) is 11.8. The fraction of sp³-hybridized carbons (Fsp3) is 0.304. The van der Waals surface area contributed by atoms with Crippen molar-refractivity contribution in [2.75, 3.05) is 26.1 Å². The maximum Gasteiger partial charge on any atom is 0.508 e. The van der Waals surface area contributed by atoms with Crippen molar-refractivity contribution in [3.05, 3.63) is 75.8 Å². The summed E-state index contributed by atoms with van der Waals surface area (Å²) in [7, 11) is -3.46. The molecule has 2 aromatic rings. The zero-order valence-corrected chi connectivity index (χ0v) is 19.7. The molecule has 0 amide bonds. The van der Waals surface area contributed by atoms with Crippen molar-refractivity contribution in [3.8, 4) is 0 Å². The second kappa shape index (κ2) is 13.1. The first kappa shape index (κ1) is 27.3. The maximum absolute atomic E-state index is 12.1. The van der Waals surface area contributed by atoms with E-state index in [0.29, 0.717) is 30.4 Å². The van der Waals surface area contributed by atoms with E-state index >= 15 is 0 Å². The monoisotopic (exact) mass is 507 g/mol. The van der Waals surface area contributed by atoms with Gasteiger partial charge in [0.15, 0.2) is 9.84 Å². The molecular weight excluding hydrogens is 482 g/mol. The van der Waals surface area contributed by atoms with Crippen LogP contribution in [0.25, 0.3) is 11.1 Å². The van der Waals surface area contributed by atoms with Crippen molar-refractivity contribution < 1.29 is 42.5 Å². The molecule has 1 N–H and O–H groups in total. The summed E-state index contributed by atoms with van der Waals surface area (Å²) >= 11 is 0. The quantitative estimate of drug-likeness (QED) is 0.106. The number of carboxylic acid groups (broad SMARTS) is 1. The highest BCUT2D eigenvalue weighted by molar-refractivity contribution is 7.90. The molecule has 0 saturated carbocycles. The van der Waals surface area contributed by atoms with Crippen LogP contribution in [0.4, 0.5) is 4.79 Å². The van der Waals surface area contributed by atoms with E-state index < -0.39 is 33.7 Å². The molecule has 0 aromatic heterocycles. The minimum Gasteiger partial charge on any atom is -0.478 e. The van der Waals surface area contributed by atoms with Crippen molar-refractivity contribution in [1.29, 1.82) is 0 Å². The van der Waals surface area contributed by atoms with E-state index in [1.54, 1.807) is 30.3 Å². The number of hydrogen-bond donors (Lipinski definition) is 1. The number of rotatable bonds is 13. The molecule has 35 heavy (non-hydrogen) atoms. The van der Waals surface area contributed by atoms with Crippen molar-refractivity contribution >= 4 is 33.1 Å². The summed E-state index contributed by atoms with van der Waals surface area (Å²) in [6, 6.07) is 13.8. The van der Waals surface area contributed by atoms with Gasteiger partial charge >= 0.3 is 12.1 Å². The minimum absolute atomic E-state index is 0.00384. The van der Waals surface area contributed by atoms with Gasteiger partial charge in [0.05, 0.1) is 23.7 Å². The number of aliphatic carboxylic acids is 1. The summed E-state index contributed by atoms with van der Waals surface area (Å²) in [5.41, 5.74) is 0.766. The first-order valence-corrected chi connectivity index (χ1v) is 12.4. The third-order valence-electron chi connectivity index (χ3n) is 4.75. The van der Waals surface area contributed by atoms with Gasteiger partial charge in [0, 0.05) is 11.8 Å². The van der Waals surface area contributed by atoms with Crippen LogP contribution in [0.5, 0.6) is 0 Å². The van der Waals surface area contributed by atoms with Crippen LogP contribution >= 0.6 is 0 Å². The van der Waals surface area contributed by atoms with Gasteiger partial charge in [-0.15, -0.1) is 10.1 Å². The Morgan fingerprint density at radius 1 is 0.914 bits per heavy atom. The number of sulfone groups is 1. The summed E-state index contributed by atoms with van der Waals surface area (Å²) in [6.45, 7) is -0.491. The lowest BCUT2D eigenvalue weighted by Gasteiger charge is -2.14. The van der Waals surface area contributed by atoms with E-state index in [9.17, 15) is 33.2 Å². The molecule has 0 radical (unpaired) electrons. The van der Waals surface area contributed by atoms with Crippen LogP contribution in [-0.4, -0.2) is 56.8 Å². The number of carbonyl (C=O) groups is 2. The molecule has 0 spiro atoms. The third kappa shape index (κ3) is 9.08. The van der Waals surface area contributed by atoms with Crippen LogP contribution in [0.1, 0.15) is 30.4 Å². The number of ether oxygens (including phenoxy) is 2. The summed E-state index contributed by atoms with van der Waals surface area (Å²) in [4.78, 5) is 38.5. The molecule has 0 aliphatic heterocycles. The standard InChI is InChI=1S/C23H25NO10S/c1-35(30,31)19-12-10-17(11-13-19)20(21(22(25)26)18-8-4-2-5-9-18)16-33-23(27)32-14-6-3-7-15-34-24(28)29/h2,4-5,8-13H,3,6-7,14-16H2,1H3,(H,25,26). The zero-order valence-electron chi connectivity index (χ0n) is 18.9. The van der Waals surface area contributed by atoms with Crippen molar-refractivity contribution in [3.63, 3.8) is 0 Å². The van der Waals surface area contributed by atoms with E-state index in [1.807, 2.05) is 0 Å². The van der Waals surface area contributed by atoms with E-state index in [2.05, 4.69) is 4.84 Å². The van der Waals surface area contributed by atoms with Gasteiger partial charge in [-0.1, -0.05) is 42.5 Å². The Hall–Kier alpha value is -3.93. The molecule has 0 bridgehead atoms. The van der Waals surface area contributed by atoms with Gasteiger partial charge in [-0.2, -0.15) is 0 Å². The highest BCUT2D eigenvalue weighted by Gasteiger charge is 2.21. The molecule has 0 fully saturated rings. The molecule has 2 rings (SSSR count). The fourth-order valence-electron chi connectivity index (χ4n) is 3.08. The van der Waals surface area contributed by atoms with Gasteiger partial charge in [0.1, 0.15) is 6.61 Å². The van der Waals surface area contributed by atoms with Crippen molar-refractivity contribution in [2.24, 2.45) is 0 Å². The molecule has 0 saturated heterocycles. The molecule has 0 aliphatic carbocycles. The first-order chi connectivity index (χ1) is 16.6. The van der Waals surface area contributed by atoms with Crippen LogP contribution in [0.2, 0.25) is 0 Å². The molecule has 0 heterocycles. The Bertz CT molecular complexity index is 1160. The van der Waals surface area contributed by atoms with Crippen LogP contribution in [-0.2, 0) is 28.9 Å². The lowest BCUT2D eigenvalue weighted by molar-refractivity contribution is -0.757. The Morgan fingerprint density at radius 3 is 2.11 bits per heavy atom. The second-order valence-electron chi connectivity index (χ2n) is 7.33. The predicted octanol–water partition coefficient (Wildman–Crippen LogP) is 3.62. The number of carbonyl (C=O) groups excluding carboxylic acids is 1. The van der Waals surface area contributed by atoms with Gasteiger partial charge in [0.2, 0.25) is 0 Å². The lowest BCUT2D eigenvalue weighted by Crippen LogP contribution is -2.13. The highest BCUT2D eigenvalue weighted by atomic mass is 32.2. The minimum atomic E-state index is -3.46. The molecule has 188 valence electrons. The maximum atomic E-state index is 12.1. The Morgan fingerprint density at radius 2 is 1.54 bits per heavy atom. The summed E-state index contributed by atoms with van der Waals surface area (Å²) in [6.07, 6.45) is 1.40. The molecule has 12 heteroatoms. The number of carboxylic acids is 1. The molecule has 0 atom stereocenters.